The molecule has 5 atom stereocenters. The topological polar surface area (TPSA) is 117 Å². The minimum absolute atomic E-state index is 0.0744. The Balaban J connectivity index is 1.79. The molecule has 0 aromatic heterocycles. The zero-order valence-electron chi connectivity index (χ0n) is 31.1. The molecule has 2 unspecified atom stereocenters. The van der Waals surface area contributed by atoms with E-state index in [4.69, 9.17) is 4.74 Å². The van der Waals surface area contributed by atoms with Gasteiger partial charge >= 0.3 is 0 Å². The molecule has 0 aliphatic rings. The molecule has 3 aromatic carbocycles. The smallest absolute Gasteiger partial charge is 0.242 e. The van der Waals surface area contributed by atoms with Crippen LogP contribution in [-0.4, -0.2) is 54.2 Å². The Bertz CT molecular complexity index is 1450. The fraction of sp³-hybridized carbons (Fsp3) is 0.548. The minimum Gasteiger partial charge on any atom is -0.391 e. The SMILES string of the molecule is CCCC[C@H](NC(=O)C(COCc1ccccc1)Cc1cccc2ccccc12)C(=O)N[C@@H](CC(C)C)[C@@H](O)CC(CC)C(=O)NCC(C)C. The second-order valence-electron chi connectivity index (χ2n) is 14.5. The van der Waals surface area contributed by atoms with Crippen LogP contribution in [0.4, 0.5) is 0 Å². The van der Waals surface area contributed by atoms with E-state index < -0.39 is 24.1 Å². The number of rotatable bonds is 22. The molecule has 4 N–H and O–H groups in total. The van der Waals surface area contributed by atoms with Crippen molar-refractivity contribution in [3.63, 3.8) is 0 Å². The highest BCUT2D eigenvalue weighted by Gasteiger charge is 2.31. The fourth-order valence-electron chi connectivity index (χ4n) is 6.29. The number of aliphatic hydroxyl groups excluding tert-OH is 1. The quantitative estimate of drug-likeness (QED) is 0.0911. The first kappa shape index (κ1) is 40.7. The molecule has 8 nitrogen and oxygen atoms in total. The van der Waals surface area contributed by atoms with Crippen LogP contribution in [-0.2, 0) is 32.1 Å². The Kier molecular flexibility index (Phi) is 17.5. The lowest BCUT2D eigenvalue weighted by atomic mass is 9.90. The van der Waals surface area contributed by atoms with Gasteiger partial charge in [0.25, 0.3) is 0 Å². The summed E-state index contributed by atoms with van der Waals surface area (Å²) in [5.41, 5.74) is 2.07. The Labute approximate surface area is 300 Å². The number of amides is 3. The average molecular weight is 688 g/mol. The lowest BCUT2D eigenvalue weighted by Crippen LogP contribution is -2.54. The summed E-state index contributed by atoms with van der Waals surface area (Å²) in [6, 6.07) is 22.8. The summed E-state index contributed by atoms with van der Waals surface area (Å²) in [5, 5.41) is 22.8. The number of carbonyl (C=O) groups is 3. The highest BCUT2D eigenvalue weighted by atomic mass is 16.5. The Hall–Kier alpha value is -3.75. The van der Waals surface area contributed by atoms with Crippen molar-refractivity contribution in [3.05, 3.63) is 83.9 Å². The summed E-state index contributed by atoms with van der Waals surface area (Å²) in [4.78, 5) is 40.9. The minimum atomic E-state index is -0.913. The van der Waals surface area contributed by atoms with E-state index in [-0.39, 0.29) is 42.6 Å². The van der Waals surface area contributed by atoms with Crippen LogP contribution in [0.15, 0.2) is 72.8 Å². The number of unbranched alkanes of at least 4 members (excludes halogenated alkanes) is 1. The van der Waals surface area contributed by atoms with E-state index in [0.29, 0.717) is 44.8 Å². The van der Waals surface area contributed by atoms with Crippen molar-refractivity contribution in [1.29, 1.82) is 0 Å². The molecule has 8 heteroatoms. The molecule has 0 saturated carbocycles. The van der Waals surface area contributed by atoms with Gasteiger partial charge in [-0.05, 0) is 65.8 Å². The third-order valence-electron chi connectivity index (χ3n) is 9.22. The number of aliphatic hydroxyl groups is 1. The molecule has 0 aliphatic heterocycles. The molecule has 0 saturated heterocycles. The summed E-state index contributed by atoms with van der Waals surface area (Å²) in [6.07, 6.45) is 3.00. The summed E-state index contributed by atoms with van der Waals surface area (Å²) < 4.78 is 6.12. The molecule has 3 rings (SSSR count). The molecule has 0 bridgehead atoms. The van der Waals surface area contributed by atoms with E-state index in [0.717, 1.165) is 34.7 Å². The first-order chi connectivity index (χ1) is 24.0. The van der Waals surface area contributed by atoms with Gasteiger partial charge in [0.2, 0.25) is 17.7 Å². The van der Waals surface area contributed by atoms with Crippen LogP contribution in [0.3, 0.4) is 0 Å². The number of fused-ring (bicyclic) bond motifs is 1. The van der Waals surface area contributed by atoms with Gasteiger partial charge < -0.3 is 25.8 Å². The van der Waals surface area contributed by atoms with Crippen molar-refractivity contribution < 1.29 is 24.2 Å². The standard InChI is InChI=1S/C42H61N3O5/c1-7-9-22-37(42(49)45-38(23-29(3)4)39(46)25-32(8-2)40(47)43-26-30(5)6)44-41(48)35(28-50-27-31-16-11-10-12-17-31)24-34-20-15-19-33-18-13-14-21-36(33)34/h10-21,29-30,32,35,37-39,46H,7-9,22-28H2,1-6H3,(H,43,47)(H,44,48)(H,45,49)/t32?,35?,37-,38-,39-/m0/s1. The third-order valence-corrected chi connectivity index (χ3v) is 9.22. The molecule has 274 valence electrons. The van der Waals surface area contributed by atoms with Gasteiger partial charge in [0.1, 0.15) is 6.04 Å². The van der Waals surface area contributed by atoms with E-state index in [1.165, 1.54) is 0 Å². The predicted octanol–water partition coefficient (Wildman–Crippen LogP) is 6.97. The third kappa shape index (κ3) is 13.5. The average Bonchev–Trinajstić information content (AvgIpc) is 3.10. The van der Waals surface area contributed by atoms with Gasteiger partial charge in [0.05, 0.1) is 31.3 Å². The van der Waals surface area contributed by atoms with Crippen molar-refractivity contribution in [3.8, 4) is 0 Å². The molecule has 50 heavy (non-hydrogen) atoms. The number of carbonyl (C=O) groups excluding carboxylic acids is 3. The normalized spacial score (nSPS) is 14.6. The second kappa shape index (κ2) is 21.5. The summed E-state index contributed by atoms with van der Waals surface area (Å²) in [7, 11) is 0. The Morgan fingerprint density at radius 2 is 1.46 bits per heavy atom. The van der Waals surface area contributed by atoms with Crippen molar-refractivity contribution in [2.75, 3.05) is 13.2 Å². The van der Waals surface area contributed by atoms with Gasteiger partial charge in [-0.1, -0.05) is 127 Å². The van der Waals surface area contributed by atoms with Crippen LogP contribution in [0.2, 0.25) is 0 Å². The lowest BCUT2D eigenvalue weighted by Gasteiger charge is -2.30. The number of hydrogen-bond donors (Lipinski definition) is 4. The molecular weight excluding hydrogens is 626 g/mol. The van der Waals surface area contributed by atoms with Crippen LogP contribution in [0.25, 0.3) is 10.8 Å². The van der Waals surface area contributed by atoms with Crippen LogP contribution in [0.5, 0.6) is 0 Å². The van der Waals surface area contributed by atoms with Crippen LogP contribution in [0, 0.1) is 23.7 Å². The second-order valence-corrected chi connectivity index (χ2v) is 14.5. The summed E-state index contributed by atoms with van der Waals surface area (Å²) in [6.45, 7) is 13.3. The molecule has 0 fully saturated rings. The Morgan fingerprint density at radius 3 is 2.14 bits per heavy atom. The first-order valence-corrected chi connectivity index (χ1v) is 18.7. The van der Waals surface area contributed by atoms with Crippen molar-refractivity contribution >= 4 is 28.5 Å². The van der Waals surface area contributed by atoms with E-state index in [9.17, 15) is 19.5 Å². The van der Waals surface area contributed by atoms with Crippen LogP contribution < -0.4 is 16.0 Å². The number of nitrogens with one attached hydrogen (secondary N) is 3. The predicted molar refractivity (Wildman–Crippen MR) is 202 cm³/mol. The van der Waals surface area contributed by atoms with Gasteiger partial charge in [-0.25, -0.2) is 0 Å². The molecule has 3 amide bonds. The van der Waals surface area contributed by atoms with Crippen LogP contribution >= 0.6 is 0 Å². The molecule has 0 spiro atoms. The van der Waals surface area contributed by atoms with E-state index >= 15 is 0 Å². The lowest BCUT2D eigenvalue weighted by molar-refractivity contribution is -0.133. The van der Waals surface area contributed by atoms with Gasteiger partial charge in [-0.3, -0.25) is 14.4 Å². The molecule has 0 radical (unpaired) electrons. The summed E-state index contributed by atoms with van der Waals surface area (Å²) in [5.74, 6) is -1.01. The highest BCUT2D eigenvalue weighted by molar-refractivity contribution is 5.90. The Morgan fingerprint density at radius 1 is 0.760 bits per heavy atom. The number of hydrogen-bond acceptors (Lipinski definition) is 5. The molecule has 0 aliphatic carbocycles. The zero-order chi connectivity index (χ0) is 36.5. The number of ether oxygens (including phenoxy) is 1. The maximum absolute atomic E-state index is 14.1. The molecule has 0 heterocycles. The number of benzene rings is 3. The van der Waals surface area contributed by atoms with Gasteiger partial charge in [-0.15, -0.1) is 0 Å². The monoisotopic (exact) mass is 687 g/mol. The highest BCUT2D eigenvalue weighted by Crippen LogP contribution is 2.23. The largest absolute Gasteiger partial charge is 0.391 e. The van der Waals surface area contributed by atoms with Crippen molar-refractivity contribution in [2.24, 2.45) is 23.7 Å². The van der Waals surface area contributed by atoms with E-state index in [2.05, 4.69) is 41.1 Å². The fourth-order valence-corrected chi connectivity index (χ4v) is 6.29. The van der Waals surface area contributed by atoms with Gasteiger partial charge in [0, 0.05) is 12.5 Å². The van der Waals surface area contributed by atoms with Gasteiger partial charge in [-0.2, -0.15) is 0 Å². The van der Waals surface area contributed by atoms with Crippen molar-refractivity contribution in [1.82, 2.24) is 16.0 Å². The molecule has 3 aromatic rings. The van der Waals surface area contributed by atoms with E-state index in [1.807, 2.05) is 89.2 Å². The summed E-state index contributed by atoms with van der Waals surface area (Å²) >= 11 is 0. The van der Waals surface area contributed by atoms with E-state index in [1.54, 1.807) is 0 Å². The van der Waals surface area contributed by atoms with Gasteiger partial charge in [0.15, 0.2) is 0 Å². The first-order valence-electron chi connectivity index (χ1n) is 18.7. The maximum atomic E-state index is 14.1. The van der Waals surface area contributed by atoms with Crippen LogP contribution in [0.1, 0.15) is 91.2 Å². The van der Waals surface area contributed by atoms with Crippen molar-refractivity contribution in [2.45, 2.75) is 111 Å². The zero-order valence-corrected chi connectivity index (χ0v) is 31.1. The molecular formula is C42H61N3O5. The maximum Gasteiger partial charge on any atom is 0.242 e.